The van der Waals surface area contributed by atoms with Crippen LogP contribution in [-0.2, 0) is 16.2 Å². The fourth-order valence-corrected chi connectivity index (χ4v) is 9.26. The number of para-hydroxylation sites is 3. The second-order valence-corrected chi connectivity index (χ2v) is 18.2. The molecule has 0 amide bonds. The molecule has 3 heterocycles. The highest BCUT2D eigenvalue weighted by atomic mass is 16.3. The first-order valence-electron chi connectivity index (χ1n) is 19.0. The molecule has 7 aromatic carbocycles. The molecule has 0 N–H and O–H groups in total. The Morgan fingerprint density at radius 1 is 0.358 bits per heavy atom. The van der Waals surface area contributed by atoms with E-state index in [-0.39, 0.29) is 16.2 Å². The van der Waals surface area contributed by atoms with Crippen LogP contribution in [0.15, 0.2) is 120 Å². The van der Waals surface area contributed by atoms with E-state index in [2.05, 4.69) is 187 Å². The molecule has 3 nitrogen and oxygen atoms in total. The Bertz CT molecular complexity index is 3050. The molecule has 3 heteroatoms. The van der Waals surface area contributed by atoms with Crippen molar-refractivity contribution in [3.05, 3.63) is 132 Å². The normalized spacial score (nSPS) is 13.4. The van der Waals surface area contributed by atoms with Gasteiger partial charge in [0.05, 0.1) is 33.4 Å². The standard InChI is InChI=1S/C50H46N2O/c1-48(2,3)34-27-36(50(7,8)9)46-44-31(34)25-26-32-35(49(4,5)6)28-42(47(53-46)45(32)44)52-39-22-15-12-19-33(39)43-40(23-16-24-41(43)52)51-37-20-13-10-17-29(37)30-18-11-14-21-38(30)51/h10-28H,1-9H3. The second-order valence-electron chi connectivity index (χ2n) is 18.2. The molecule has 0 spiro atoms. The molecule has 0 aliphatic carbocycles. The van der Waals surface area contributed by atoms with Gasteiger partial charge >= 0.3 is 0 Å². The van der Waals surface area contributed by atoms with Gasteiger partial charge in [-0.05, 0) is 74.5 Å². The predicted octanol–water partition coefficient (Wildman–Crippen LogP) is 14.3. The summed E-state index contributed by atoms with van der Waals surface area (Å²) in [4.78, 5) is 0. The van der Waals surface area contributed by atoms with Crippen molar-refractivity contribution >= 4 is 76.3 Å². The molecule has 0 radical (unpaired) electrons. The monoisotopic (exact) mass is 690 g/mol. The quantitative estimate of drug-likeness (QED) is 0.166. The van der Waals surface area contributed by atoms with Gasteiger partial charge in [-0.15, -0.1) is 0 Å². The molecule has 0 saturated carbocycles. The molecular formula is C50H46N2O. The van der Waals surface area contributed by atoms with E-state index in [1.165, 1.54) is 87.5 Å². The lowest BCUT2D eigenvalue weighted by Gasteiger charge is -2.27. The fourth-order valence-electron chi connectivity index (χ4n) is 9.26. The second kappa shape index (κ2) is 10.5. The molecule has 3 aromatic heterocycles. The minimum atomic E-state index is -0.106. The van der Waals surface area contributed by atoms with E-state index in [0.717, 1.165) is 16.9 Å². The summed E-state index contributed by atoms with van der Waals surface area (Å²) >= 11 is 0. The first kappa shape index (κ1) is 32.1. The fraction of sp³-hybridized carbons (Fsp3) is 0.240. The van der Waals surface area contributed by atoms with Crippen LogP contribution < -0.4 is 0 Å². The van der Waals surface area contributed by atoms with Crippen LogP contribution in [0.5, 0.6) is 0 Å². The zero-order valence-corrected chi connectivity index (χ0v) is 32.3. The highest BCUT2D eigenvalue weighted by molar-refractivity contribution is 6.26. The minimum Gasteiger partial charge on any atom is -0.453 e. The molecule has 0 fully saturated rings. The number of hydrogen-bond donors (Lipinski definition) is 0. The van der Waals surface area contributed by atoms with E-state index in [1.54, 1.807) is 0 Å². The van der Waals surface area contributed by atoms with Gasteiger partial charge in [-0.1, -0.05) is 141 Å². The van der Waals surface area contributed by atoms with Crippen molar-refractivity contribution < 1.29 is 4.42 Å². The van der Waals surface area contributed by atoms with Crippen molar-refractivity contribution in [1.82, 2.24) is 9.13 Å². The molecule has 0 aliphatic heterocycles. The lowest BCUT2D eigenvalue weighted by molar-refractivity contribution is 0.561. The third-order valence-corrected chi connectivity index (χ3v) is 11.7. The van der Waals surface area contributed by atoms with Crippen LogP contribution in [0.2, 0.25) is 0 Å². The average molecular weight is 691 g/mol. The summed E-state index contributed by atoms with van der Waals surface area (Å²) < 4.78 is 12.3. The summed E-state index contributed by atoms with van der Waals surface area (Å²) in [5, 5.41) is 10.1. The van der Waals surface area contributed by atoms with Crippen molar-refractivity contribution in [2.75, 3.05) is 0 Å². The lowest BCUT2D eigenvalue weighted by Crippen LogP contribution is -2.17. The molecule has 0 aliphatic rings. The topological polar surface area (TPSA) is 23.0 Å². The number of benzene rings is 7. The average Bonchev–Trinajstić information content (AvgIpc) is 3.78. The molecule has 10 aromatic rings. The SMILES string of the molecule is CC(C)(C)c1cc(-n2c3ccccc3c3c(-n4c5ccccc5c5ccccc54)cccc32)c2oc3c(C(C)(C)C)cc(C(C)(C)C)c4ccc1c2c43. The van der Waals surface area contributed by atoms with E-state index in [1.807, 2.05) is 0 Å². The first-order chi connectivity index (χ1) is 25.2. The summed E-state index contributed by atoms with van der Waals surface area (Å²) in [6.07, 6.45) is 0. The lowest BCUT2D eigenvalue weighted by atomic mass is 9.76. The maximum absolute atomic E-state index is 7.35. The van der Waals surface area contributed by atoms with Gasteiger partial charge in [0.15, 0.2) is 5.58 Å². The summed E-state index contributed by atoms with van der Waals surface area (Å²) in [5.74, 6) is 0. The largest absolute Gasteiger partial charge is 0.453 e. The summed E-state index contributed by atoms with van der Waals surface area (Å²) in [6.45, 7) is 21.0. The van der Waals surface area contributed by atoms with Crippen LogP contribution in [-0.4, -0.2) is 9.13 Å². The van der Waals surface area contributed by atoms with Gasteiger partial charge in [-0.25, -0.2) is 0 Å². The zero-order chi connectivity index (χ0) is 36.8. The Hall–Kier alpha value is -5.54. The summed E-state index contributed by atoms with van der Waals surface area (Å²) in [5.41, 5.74) is 12.7. The van der Waals surface area contributed by atoms with Crippen LogP contribution in [0.25, 0.3) is 87.7 Å². The molecule has 262 valence electrons. The Morgan fingerprint density at radius 2 is 0.811 bits per heavy atom. The minimum absolute atomic E-state index is 0.0323. The van der Waals surface area contributed by atoms with Crippen molar-refractivity contribution in [3.63, 3.8) is 0 Å². The zero-order valence-electron chi connectivity index (χ0n) is 32.3. The van der Waals surface area contributed by atoms with E-state index in [0.29, 0.717) is 0 Å². The highest BCUT2D eigenvalue weighted by Gasteiger charge is 2.32. The Labute approximate surface area is 310 Å². The van der Waals surface area contributed by atoms with Gasteiger partial charge in [0, 0.05) is 37.9 Å². The van der Waals surface area contributed by atoms with Gasteiger partial charge in [0.2, 0.25) is 0 Å². The van der Waals surface area contributed by atoms with Crippen molar-refractivity contribution in [3.8, 4) is 11.4 Å². The molecule has 53 heavy (non-hydrogen) atoms. The highest BCUT2D eigenvalue weighted by Crippen LogP contribution is 2.50. The maximum Gasteiger partial charge on any atom is 0.160 e. The van der Waals surface area contributed by atoms with Crippen LogP contribution in [0.3, 0.4) is 0 Å². The van der Waals surface area contributed by atoms with Crippen LogP contribution in [0, 0.1) is 0 Å². The molecule has 0 atom stereocenters. The van der Waals surface area contributed by atoms with E-state index < -0.39 is 0 Å². The Kier molecular flexibility index (Phi) is 6.39. The third-order valence-electron chi connectivity index (χ3n) is 11.7. The van der Waals surface area contributed by atoms with E-state index in [4.69, 9.17) is 4.42 Å². The molecule has 10 rings (SSSR count). The van der Waals surface area contributed by atoms with Gasteiger partial charge < -0.3 is 13.6 Å². The van der Waals surface area contributed by atoms with E-state index in [9.17, 15) is 0 Å². The molecule has 0 bridgehead atoms. The molecule has 0 saturated heterocycles. The number of furan rings is 1. The van der Waals surface area contributed by atoms with Crippen molar-refractivity contribution in [2.24, 2.45) is 0 Å². The van der Waals surface area contributed by atoms with E-state index >= 15 is 0 Å². The van der Waals surface area contributed by atoms with Crippen LogP contribution in [0.1, 0.15) is 79.0 Å². The van der Waals surface area contributed by atoms with Gasteiger partial charge in [-0.2, -0.15) is 0 Å². The third kappa shape index (κ3) is 4.40. The number of rotatable bonds is 2. The molecule has 0 unspecified atom stereocenters. The van der Waals surface area contributed by atoms with Crippen molar-refractivity contribution in [2.45, 2.75) is 78.6 Å². The summed E-state index contributed by atoms with van der Waals surface area (Å²) in [7, 11) is 0. The number of aromatic nitrogens is 2. The maximum atomic E-state index is 7.35. The first-order valence-corrected chi connectivity index (χ1v) is 19.0. The van der Waals surface area contributed by atoms with Gasteiger partial charge in [-0.3, -0.25) is 0 Å². The van der Waals surface area contributed by atoms with Crippen LogP contribution >= 0.6 is 0 Å². The van der Waals surface area contributed by atoms with Gasteiger partial charge in [0.1, 0.15) is 5.58 Å². The summed E-state index contributed by atoms with van der Waals surface area (Å²) in [6, 6.07) is 42.9. The Balaban J connectivity index is 1.40. The van der Waals surface area contributed by atoms with Crippen LogP contribution in [0.4, 0.5) is 0 Å². The smallest absolute Gasteiger partial charge is 0.160 e. The number of fused-ring (bicyclic) bond motifs is 6. The van der Waals surface area contributed by atoms with Crippen molar-refractivity contribution in [1.29, 1.82) is 0 Å². The van der Waals surface area contributed by atoms with Gasteiger partial charge in [0.25, 0.3) is 0 Å². The number of hydrogen-bond acceptors (Lipinski definition) is 1. The molecular weight excluding hydrogens is 645 g/mol. The Morgan fingerprint density at radius 3 is 1.38 bits per heavy atom. The predicted molar refractivity (Wildman–Crippen MR) is 227 cm³/mol. The number of nitrogens with zero attached hydrogens (tertiary/aromatic N) is 2.